The molecule has 0 unspecified atom stereocenters. The Morgan fingerprint density at radius 2 is 1.53 bits per heavy atom. The molecule has 10 heteroatoms. The minimum absolute atomic E-state index is 0.0251. The zero-order valence-corrected chi connectivity index (χ0v) is 20.8. The van der Waals surface area contributed by atoms with Gasteiger partial charge in [-0.3, -0.25) is 23.9 Å². The number of nitrogens with zero attached hydrogens (tertiary/aromatic N) is 4. The van der Waals surface area contributed by atoms with Crippen LogP contribution in [0.1, 0.15) is 32.1 Å². The van der Waals surface area contributed by atoms with Crippen LogP contribution in [0.2, 0.25) is 0 Å². The predicted molar refractivity (Wildman–Crippen MR) is 140 cm³/mol. The second-order valence-corrected chi connectivity index (χ2v) is 8.75. The first-order chi connectivity index (χ1) is 18.5. The van der Waals surface area contributed by atoms with E-state index in [0.29, 0.717) is 34.9 Å². The molecule has 4 aromatic rings. The highest BCUT2D eigenvalue weighted by molar-refractivity contribution is 6.21. The third kappa shape index (κ3) is 4.30. The Balaban J connectivity index is 1.49. The van der Waals surface area contributed by atoms with Gasteiger partial charge in [-0.1, -0.05) is 24.3 Å². The summed E-state index contributed by atoms with van der Waals surface area (Å²) < 4.78 is 12.2. The molecule has 0 saturated carbocycles. The molecule has 0 saturated heterocycles. The zero-order chi connectivity index (χ0) is 26.8. The molecule has 0 spiro atoms. The lowest BCUT2D eigenvalue weighted by Crippen LogP contribution is -2.34. The van der Waals surface area contributed by atoms with Gasteiger partial charge in [-0.2, -0.15) is 0 Å². The number of fused-ring (bicyclic) bond motifs is 2. The number of methoxy groups -OCH3 is 2. The summed E-state index contributed by atoms with van der Waals surface area (Å²) in [5.74, 6) is 0.732. The molecule has 0 fully saturated rings. The summed E-state index contributed by atoms with van der Waals surface area (Å²) in [6.07, 6.45) is 0.592. The molecule has 0 N–H and O–H groups in total. The van der Waals surface area contributed by atoms with Gasteiger partial charge in [-0.15, -0.1) is 4.91 Å². The molecule has 2 heterocycles. The molecule has 0 atom stereocenters. The molecule has 0 radical (unpaired) electrons. The summed E-state index contributed by atoms with van der Waals surface area (Å²) >= 11 is 0. The molecule has 3 aromatic carbocycles. The molecule has 0 aliphatic carbocycles. The molecule has 1 aliphatic heterocycles. The number of carbonyl (C=O) groups excluding carboxylic acids is 2. The van der Waals surface area contributed by atoms with Crippen LogP contribution in [0.3, 0.4) is 0 Å². The predicted octanol–water partition coefficient (Wildman–Crippen LogP) is 3.89. The monoisotopic (exact) mass is 512 g/mol. The van der Waals surface area contributed by atoms with E-state index >= 15 is 0 Å². The average Bonchev–Trinajstić information content (AvgIpc) is 3.19. The van der Waals surface area contributed by atoms with Crippen LogP contribution in [-0.2, 0) is 19.4 Å². The Bertz CT molecular complexity index is 1610. The van der Waals surface area contributed by atoms with Crippen molar-refractivity contribution >= 4 is 28.4 Å². The van der Waals surface area contributed by atoms with Crippen LogP contribution < -0.4 is 15.0 Å². The summed E-state index contributed by atoms with van der Waals surface area (Å²) in [5.41, 5.74) is 1.51. The van der Waals surface area contributed by atoms with Gasteiger partial charge in [0.2, 0.25) is 0 Å². The Morgan fingerprint density at radius 1 is 0.816 bits per heavy atom. The fraction of sp³-hybridized carbons (Fsp3) is 0.214. The Hall–Kier alpha value is -4.86. The first-order valence-electron chi connectivity index (χ1n) is 12.0. The molecule has 2 amide bonds. The molecule has 10 nitrogen and oxygen atoms in total. The fourth-order valence-electron chi connectivity index (χ4n) is 4.70. The number of nitroso groups, excluding NO2 is 1. The number of rotatable bonds is 9. The van der Waals surface area contributed by atoms with Crippen molar-refractivity contribution in [1.29, 1.82) is 0 Å². The van der Waals surface area contributed by atoms with Gasteiger partial charge in [-0.25, -0.2) is 4.98 Å². The Kier molecular flexibility index (Phi) is 6.69. The van der Waals surface area contributed by atoms with Crippen LogP contribution >= 0.6 is 0 Å². The number of benzene rings is 3. The number of imide groups is 1. The van der Waals surface area contributed by atoms with Crippen LogP contribution in [-0.4, -0.2) is 47.0 Å². The number of aryl methyl sites for hydroxylation is 1. The maximum Gasteiger partial charge on any atom is 0.261 e. The van der Waals surface area contributed by atoms with Gasteiger partial charge in [0, 0.05) is 19.5 Å². The highest BCUT2D eigenvalue weighted by Gasteiger charge is 2.35. The number of para-hydroxylation sites is 1. The summed E-state index contributed by atoms with van der Waals surface area (Å²) in [4.78, 5) is 56.4. The topological polar surface area (TPSA) is 120 Å². The summed E-state index contributed by atoms with van der Waals surface area (Å²) in [5, 5.41) is 3.29. The second-order valence-electron chi connectivity index (χ2n) is 8.75. The Labute approximate surface area is 217 Å². The molecule has 5 rings (SSSR count). The second kappa shape index (κ2) is 10.3. The molecule has 38 heavy (non-hydrogen) atoms. The van der Waals surface area contributed by atoms with Crippen molar-refractivity contribution in [1.82, 2.24) is 14.5 Å². The third-order valence-corrected chi connectivity index (χ3v) is 6.65. The van der Waals surface area contributed by atoms with E-state index in [4.69, 9.17) is 9.47 Å². The molecule has 1 aromatic heterocycles. The van der Waals surface area contributed by atoms with Gasteiger partial charge in [0.25, 0.3) is 17.4 Å². The number of hydrogen-bond donors (Lipinski definition) is 0. The quantitative estimate of drug-likeness (QED) is 0.246. The first-order valence-corrected chi connectivity index (χ1v) is 12.0. The van der Waals surface area contributed by atoms with Gasteiger partial charge >= 0.3 is 0 Å². The van der Waals surface area contributed by atoms with Crippen LogP contribution in [0, 0.1) is 4.91 Å². The van der Waals surface area contributed by atoms with Crippen molar-refractivity contribution in [3.05, 3.63) is 98.4 Å². The highest BCUT2D eigenvalue weighted by Crippen LogP contribution is 2.28. The maximum atomic E-state index is 13.6. The van der Waals surface area contributed by atoms with E-state index in [1.54, 1.807) is 56.7 Å². The van der Waals surface area contributed by atoms with E-state index in [9.17, 15) is 19.3 Å². The van der Waals surface area contributed by atoms with Crippen LogP contribution in [0.25, 0.3) is 10.9 Å². The number of hydrogen-bond acceptors (Lipinski definition) is 8. The van der Waals surface area contributed by atoms with E-state index in [0.717, 1.165) is 10.5 Å². The van der Waals surface area contributed by atoms with Crippen molar-refractivity contribution in [2.24, 2.45) is 5.18 Å². The summed E-state index contributed by atoms with van der Waals surface area (Å²) in [7, 11) is 3.11. The lowest BCUT2D eigenvalue weighted by Gasteiger charge is -2.17. The van der Waals surface area contributed by atoms with E-state index in [2.05, 4.69) is 10.2 Å². The summed E-state index contributed by atoms with van der Waals surface area (Å²) in [6, 6.07) is 16.8. The fourth-order valence-corrected chi connectivity index (χ4v) is 4.70. The molecular formula is C28H24N4O6. The minimum Gasteiger partial charge on any atom is -0.493 e. The number of amides is 2. The molecule has 192 valence electrons. The first kappa shape index (κ1) is 24.8. The number of aromatic nitrogens is 2. The standard InChI is InChI=1S/C28H24N4O6/c1-37-22-11-10-17(16-23(22)38-2)12-14-31-24(29-25-20(28(31)35)8-5-9-21(25)30-36)13-15-32-26(33)18-6-3-4-7-19(18)27(32)34/h3-11,16H,12-15H2,1-2H3. The molecule has 0 bridgehead atoms. The van der Waals surface area contributed by atoms with Gasteiger partial charge in [-0.05, 0) is 53.6 Å². The van der Waals surface area contributed by atoms with Crippen LogP contribution in [0.4, 0.5) is 5.69 Å². The van der Waals surface area contributed by atoms with Gasteiger partial charge in [0.1, 0.15) is 17.0 Å². The van der Waals surface area contributed by atoms with Crippen molar-refractivity contribution in [3.63, 3.8) is 0 Å². The molecular weight excluding hydrogens is 488 g/mol. The van der Waals surface area contributed by atoms with E-state index < -0.39 is 0 Å². The maximum absolute atomic E-state index is 13.6. The lowest BCUT2D eigenvalue weighted by molar-refractivity contribution is 0.0655. The van der Waals surface area contributed by atoms with Gasteiger partial charge < -0.3 is 9.47 Å². The van der Waals surface area contributed by atoms with Crippen LogP contribution in [0.15, 0.2) is 70.6 Å². The lowest BCUT2D eigenvalue weighted by atomic mass is 10.1. The SMILES string of the molecule is COc1ccc(CCn2c(CCN3C(=O)c4ccccc4C3=O)nc3c(N=O)cccc3c2=O)cc1OC. The van der Waals surface area contributed by atoms with Gasteiger partial charge in [0.15, 0.2) is 11.5 Å². The van der Waals surface area contributed by atoms with Crippen molar-refractivity contribution in [2.45, 2.75) is 19.4 Å². The number of carbonyl (C=O) groups is 2. The van der Waals surface area contributed by atoms with Crippen LogP contribution in [0.5, 0.6) is 11.5 Å². The highest BCUT2D eigenvalue weighted by atomic mass is 16.5. The van der Waals surface area contributed by atoms with Crippen molar-refractivity contribution < 1.29 is 19.1 Å². The number of ether oxygens (including phenoxy) is 2. The average molecular weight is 513 g/mol. The summed E-state index contributed by atoms with van der Waals surface area (Å²) in [6.45, 7) is 0.296. The van der Waals surface area contributed by atoms with Crippen molar-refractivity contribution in [3.8, 4) is 11.5 Å². The van der Waals surface area contributed by atoms with Gasteiger partial charge in [0.05, 0.1) is 30.7 Å². The Morgan fingerprint density at radius 3 is 2.18 bits per heavy atom. The van der Waals surface area contributed by atoms with E-state index in [1.165, 1.54) is 10.6 Å². The van der Waals surface area contributed by atoms with E-state index in [-0.39, 0.29) is 53.5 Å². The third-order valence-electron chi connectivity index (χ3n) is 6.65. The molecule has 1 aliphatic rings. The van der Waals surface area contributed by atoms with E-state index in [1.807, 2.05) is 12.1 Å². The largest absolute Gasteiger partial charge is 0.493 e. The smallest absolute Gasteiger partial charge is 0.261 e. The minimum atomic E-state index is -0.388. The zero-order valence-electron chi connectivity index (χ0n) is 20.8. The van der Waals surface area contributed by atoms with Crippen molar-refractivity contribution in [2.75, 3.05) is 20.8 Å². The normalized spacial score (nSPS) is 12.6.